The summed E-state index contributed by atoms with van der Waals surface area (Å²) in [5.41, 5.74) is 0. The fraction of sp³-hybridized carbons (Fsp3) is 0.818. The Balaban J connectivity index is 1.21. The van der Waals surface area contributed by atoms with E-state index in [-0.39, 0.29) is 19.2 Å². The lowest BCUT2D eigenvalue weighted by Gasteiger charge is -2.32. The number of ether oxygens (including phenoxy) is 1. The number of nitrogens with zero attached hydrogens (tertiary/aromatic N) is 4. The maximum atomic E-state index is 12.3. The summed E-state index contributed by atoms with van der Waals surface area (Å²) >= 11 is 5.85. The molecule has 3 heterocycles. The lowest BCUT2D eigenvalue weighted by atomic mass is 9.91. The van der Waals surface area contributed by atoms with Gasteiger partial charge in [-0.05, 0) is 38.0 Å². The Kier molecular flexibility index (Phi) is 10.2. The van der Waals surface area contributed by atoms with Crippen molar-refractivity contribution in [3.63, 3.8) is 0 Å². The molecule has 7 nitrogen and oxygen atoms in total. The van der Waals surface area contributed by atoms with Gasteiger partial charge < -0.3 is 9.64 Å². The molecule has 2 fully saturated rings. The van der Waals surface area contributed by atoms with Crippen LogP contribution >= 0.6 is 11.6 Å². The smallest absolute Gasteiger partial charge is 0.378 e. The average Bonchev–Trinajstić information content (AvgIpc) is 2.81. The summed E-state index contributed by atoms with van der Waals surface area (Å²) in [6.45, 7) is 3.01. The molecule has 1 aromatic heterocycles. The lowest BCUT2D eigenvalue weighted by Crippen LogP contribution is -2.42. The van der Waals surface area contributed by atoms with Crippen LogP contribution in [0.15, 0.2) is 12.4 Å². The van der Waals surface area contributed by atoms with Gasteiger partial charge in [0.05, 0.1) is 35.7 Å². The first kappa shape index (κ1) is 27.4. The van der Waals surface area contributed by atoms with Gasteiger partial charge in [-0.25, -0.2) is 22.7 Å². The second kappa shape index (κ2) is 12.7. The Morgan fingerprint density at radius 1 is 1.00 bits per heavy atom. The minimum absolute atomic E-state index is 0.0199. The van der Waals surface area contributed by atoms with E-state index >= 15 is 0 Å². The summed E-state index contributed by atoms with van der Waals surface area (Å²) in [4.78, 5) is 10.8. The van der Waals surface area contributed by atoms with Crippen LogP contribution in [0, 0.1) is 5.92 Å². The van der Waals surface area contributed by atoms with Gasteiger partial charge in [0, 0.05) is 32.8 Å². The third-order valence-corrected chi connectivity index (χ3v) is 8.62. The Morgan fingerprint density at radius 2 is 1.65 bits per heavy atom. The molecule has 2 saturated heterocycles. The molecule has 2 aliphatic rings. The number of unbranched alkanes of at least 4 members (excludes halogenated alkanes) is 2. The van der Waals surface area contributed by atoms with Crippen molar-refractivity contribution < 1.29 is 26.3 Å². The number of rotatable bonds is 11. The van der Waals surface area contributed by atoms with Crippen molar-refractivity contribution in [3.05, 3.63) is 17.4 Å². The molecular formula is C22H34ClF3N4O3S. The van der Waals surface area contributed by atoms with Gasteiger partial charge in [-0.1, -0.05) is 30.9 Å². The van der Waals surface area contributed by atoms with Gasteiger partial charge in [0.15, 0.2) is 0 Å². The maximum absolute atomic E-state index is 12.3. The SMILES string of the molecule is O=S(=O)(CCC(F)(F)F)N1CCC(OCCCCCC2CCN(c3ncc(Cl)cn3)CC2)CC1. The second-order valence-electron chi connectivity index (χ2n) is 9.13. The largest absolute Gasteiger partial charge is 0.390 e. The van der Waals surface area contributed by atoms with Crippen molar-refractivity contribution in [2.45, 2.75) is 70.1 Å². The molecule has 34 heavy (non-hydrogen) atoms. The fourth-order valence-corrected chi connectivity index (χ4v) is 6.12. The van der Waals surface area contributed by atoms with Gasteiger partial charge in [0.1, 0.15) is 0 Å². The Bertz CT molecular complexity index is 842. The van der Waals surface area contributed by atoms with Gasteiger partial charge in [0.2, 0.25) is 16.0 Å². The van der Waals surface area contributed by atoms with Crippen LogP contribution in [0.1, 0.15) is 57.8 Å². The van der Waals surface area contributed by atoms with Crippen LogP contribution in [-0.2, 0) is 14.8 Å². The molecule has 194 valence electrons. The highest BCUT2D eigenvalue weighted by Crippen LogP contribution is 2.26. The van der Waals surface area contributed by atoms with E-state index in [4.69, 9.17) is 16.3 Å². The van der Waals surface area contributed by atoms with Crippen molar-refractivity contribution in [1.29, 1.82) is 0 Å². The van der Waals surface area contributed by atoms with Crippen LogP contribution in [0.25, 0.3) is 0 Å². The molecule has 0 unspecified atom stereocenters. The van der Waals surface area contributed by atoms with Crippen LogP contribution < -0.4 is 4.90 Å². The molecule has 0 amide bonds. The first-order chi connectivity index (χ1) is 16.1. The number of hydrogen-bond donors (Lipinski definition) is 0. The molecule has 0 radical (unpaired) electrons. The summed E-state index contributed by atoms with van der Waals surface area (Å²) in [6, 6.07) is 0. The number of hydrogen-bond acceptors (Lipinski definition) is 6. The van der Waals surface area contributed by atoms with Crippen molar-refractivity contribution in [2.24, 2.45) is 5.92 Å². The molecule has 0 bridgehead atoms. The molecular weight excluding hydrogens is 493 g/mol. The molecule has 2 aliphatic heterocycles. The van der Waals surface area contributed by atoms with Gasteiger partial charge in [-0.2, -0.15) is 13.2 Å². The Labute approximate surface area is 205 Å². The van der Waals surface area contributed by atoms with E-state index in [2.05, 4.69) is 14.9 Å². The summed E-state index contributed by atoms with van der Waals surface area (Å²) < 4.78 is 68.2. The van der Waals surface area contributed by atoms with Gasteiger partial charge >= 0.3 is 6.18 Å². The van der Waals surface area contributed by atoms with Crippen LogP contribution in [0.2, 0.25) is 5.02 Å². The molecule has 0 spiro atoms. The zero-order valence-corrected chi connectivity index (χ0v) is 20.9. The summed E-state index contributed by atoms with van der Waals surface area (Å²) in [7, 11) is -3.86. The number of piperidine rings is 2. The molecule has 3 rings (SSSR count). The van der Waals surface area contributed by atoms with Gasteiger partial charge in [-0.15, -0.1) is 0 Å². The zero-order chi connectivity index (χ0) is 24.6. The molecule has 0 saturated carbocycles. The molecule has 0 aliphatic carbocycles. The van der Waals surface area contributed by atoms with Crippen molar-refractivity contribution >= 4 is 27.6 Å². The molecule has 12 heteroatoms. The standard InChI is InChI=1S/C22H34ClF3N4O3S/c23-19-16-27-21(28-17-19)29-10-5-18(6-11-29)4-2-1-3-14-33-20-7-12-30(13-8-20)34(31,32)15-9-22(24,25)26/h16-18,20H,1-15H2. The van der Waals surface area contributed by atoms with Gasteiger partial charge in [-0.3, -0.25) is 0 Å². The zero-order valence-electron chi connectivity index (χ0n) is 19.3. The predicted molar refractivity (Wildman–Crippen MR) is 125 cm³/mol. The minimum atomic E-state index is -4.46. The highest BCUT2D eigenvalue weighted by molar-refractivity contribution is 7.89. The van der Waals surface area contributed by atoms with Crippen LogP contribution in [0.3, 0.4) is 0 Å². The van der Waals surface area contributed by atoms with Crippen LogP contribution in [-0.4, -0.2) is 73.5 Å². The van der Waals surface area contributed by atoms with E-state index in [0.717, 1.165) is 51.1 Å². The monoisotopic (exact) mass is 526 g/mol. The van der Waals surface area contributed by atoms with Crippen molar-refractivity contribution in [3.8, 4) is 0 Å². The van der Waals surface area contributed by atoms with Crippen LogP contribution in [0.5, 0.6) is 0 Å². The first-order valence-electron chi connectivity index (χ1n) is 12.0. The normalized spacial score (nSPS) is 19.6. The number of halogens is 4. The minimum Gasteiger partial charge on any atom is -0.378 e. The Hall–Kier alpha value is -1.17. The van der Waals surface area contributed by atoms with E-state index in [1.54, 1.807) is 12.4 Å². The summed E-state index contributed by atoms with van der Waals surface area (Å²) in [6.07, 6.45) is 5.19. The maximum Gasteiger partial charge on any atom is 0.390 e. The number of alkyl halides is 3. The average molecular weight is 527 g/mol. The molecule has 1 aromatic rings. The summed E-state index contributed by atoms with van der Waals surface area (Å²) in [5.74, 6) is 0.577. The van der Waals surface area contributed by atoms with E-state index in [1.165, 1.54) is 10.7 Å². The number of anilines is 1. The topological polar surface area (TPSA) is 75.6 Å². The Morgan fingerprint density at radius 3 is 2.26 bits per heavy atom. The third-order valence-electron chi connectivity index (χ3n) is 6.55. The quantitative estimate of drug-likeness (QED) is 0.390. The molecule has 0 atom stereocenters. The highest BCUT2D eigenvalue weighted by atomic mass is 35.5. The highest BCUT2D eigenvalue weighted by Gasteiger charge is 2.34. The molecule has 0 aromatic carbocycles. The van der Waals surface area contributed by atoms with Gasteiger partial charge in [0.25, 0.3) is 0 Å². The van der Waals surface area contributed by atoms with Crippen LogP contribution in [0.4, 0.5) is 19.1 Å². The first-order valence-corrected chi connectivity index (χ1v) is 14.0. The lowest BCUT2D eigenvalue weighted by molar-refractivity contribution is -0.130. The molecule has 0 N–H and O–H groups in total. The van der Waals surface area contributed by atoms with Crippen molar-refractivity contribution in [2.75, 3.05) is 43.4 Å². The third kappa shape index (κ3) is 9.13. The predicted octanol–water partition coefficient (Wildman–Crippen LogP) is 4.67. The number of aromatic nitrogens is 2. The second-order valence-corrected chi connectivity index (χ2v) is 11.7. The van der Waals surface area contributed by atoms with E-state index in [9.17, 15) is 21.6 Å². The van der Waals surface area contributed by atoms with E-state index < -0.39 is 28.4 Å². The van der Waals surface area contributed by atoms with E-state index in [0.29, 0.717) is 30.4 Å². The van der Waals surface area contributed by atoms with E-state index in [1.807, 2.05) is 0 Å². The summed E-state index contributed by atoms with van der Waals surface area (Å²) in [5, 5.41) is 0.542. The number of sulfonamides is 1. The fourth-order valence-electron chi connectivity index (χ4n) is 4.50. The van der Waals surface area contributed by atoms with Crippen molar-refractivity contribution in [1.82, 2.24) is 14.3 Å².